The fraction of sp³-hybridized carbons (Fsp3) is 0.273. The van der Waals surface area contributed by atoms with Crippen molar-refractivity contribution < 1.29 is 14.3 Å². The number of nitrogens with one attached hydrogen (secondary N) is 2. The molecule has 0 aromatic carbocycles. The van der Waals surface area contributed by atoms with Gasteiger partial charge in [0, 0.05) is 18.2 Å². The molecule has 5 nitrogen and oxygen atoms in total. The summed E-state index contributed by atoms with van der Waals surface area (Å²) in [5.74, 6) is -0.198. The molecular formula is C11H10N2O3. The van der Waals surface area contributed by atoms with Gasteiger partial charge in [-0.15, -0.1) is 5.73 Å². The van der Waals surface area contributed by atoms with E-state index in [1.807, 2.05) is 0 Å². The van der Waals surface area contributed by atoms with Gasteiger partial charge in [0.15, 0.2) is 12.4 Å². The minimum absolute atomic E-state index is 0.0523. The van der Waals surface area contributed by atoms with E-state index in [4.69, 9.17) is 10.1 Å². The van der Waals surface area contributed by atoms with Crippen LogP contribution in [0.25, 0.3) is 0 Å². The molecule has 0 aromatic heterocycles. The third-order valence-corrected chi connectivity index (χ3v) is 2.21. The first-order valence-corrected chi connectivity index (χ1v) is 4.84. The number of rotatable bonds is 0. The second-order valence-corrected chi connectivity index (χ2v) is 3.48. The number of carbonyl (C=O) groups is 2. The quantitative estimate of drug-likeness (QED) is 0.579. The second kappa shape index (κ2) is 4.16. The highest BCUT2D eigenvalue weighted by Crippen LogP contribution is 2.16. The average Bonchev–Trinajstić information content (AvgIpc) is 2.30. The summed E-state index contributed by atoms with van der Waals surface area (Å²) >= 11 is 0. The van der Waals surface area contributed by atoms with Crippen LogP contribution < -0.4 is 5.32 Å². The largest absolute Gasteiger partial charge is 0.485 e. The SMILES string of the molecule is N=C1C=C=CCC2=C(NC(=O)CO2)C(=O)C1. The summed E-state index contributed by atoms with van der Waals surface area (Å²) in [6.07, 6.45) is 3.45. The molecule has 0 unspecified atom stereocenters. The van der Waals surface area contributed by atoms with Crippen LogP contribution in [0.2, 0.25) is 0 Å². The van der Waals surface area contributed by atoms with Crippen molar-refractivity contribution in [3.63, 3.8) is 0 Å². The van der Waals surface area contributed by atoms with Crippen molar-refractivity contribution in [2.75, 3.05) is 6.61 Å². The number of amides is 1. The van der Waals surface area contributed by atoms with Gasteiger partial charge < -0.3 is 15.5 Å². The Labute approximate surface area is 92.0 Å². The molecule has 2 aliphatic rings. The molecule has 1 aliphatic heterocycles. The maximum Gasteiger partial charge on any atom is 0.262 e. The summed E-state index contributed by atoms with van der Waals surface area (Å²) in [5, 5.41) is 9.97. The highest BCUT2D eigenvalue weighted by molar-refractivity contribution is 6.13. The molecule has 0 aromatic rings. The third-order valence-electron chi connectivity index (χ3n) is 2.21. The van der Waals surface area contributed by atoms with Gasteiger partial charge in [-0.3, -0.25) is 9.59 Å². The van der Waals surface area contributed by atoms with E-state index in [-0.39, 0.29) is 36.1 Å². The minimum atomic E-state index is -0.338. The Morgan fingerprint density at radius 2 is 2.25 bits per heavy atom. The van der Waals surface area contributed by atoms with Crippen molar-refractivity contribution >= 4 is 17.4 Å². The van der Waals surface area contributed by atoms with Crippen LogP contribution in [0.3, 0.4) is 0 Å². The fourth-order valence-corrected chi connectivity index (χ4v) is 1.48. The molecule has 1 aliphatic carbocycles. The first kappa shape index (κ1) is 10.4. The Morgan fingerprint density at radius 1 is 1.44 bits per heavy atom. The normalized spacial score (nSPS) is 20.6. The van der Waals surface area contributed by atoms with Crippen LogP contribution in [0.5, 0.6) is 0 Å². The monoisotopic (exact) mass is 218 g/mol. The highest BCUT2D eigenvalue weighted by atomic mass is 16.5. The van der Waals surface area contributed by atoms with Crippen LogP contribution in [0.1, 0.15) is 12.8 Å². The van der Waals surface area contributed by atoms with Gasteiger partial charge in [0.2, 0.25) is 0 Å². The van der Waals surface area contributed by atoms with Crippen LogP contribution in [0.15, 0.2) is 29.3 Å². The van der Waals surface area contributed by atoms with Gasteiger partial charge >= 0.3 is 0 Å². The predicted octanol–water partition coefficient (Wildman–Crippen LogP) is 0.438. The summed E-state index contributed by atoms with van der Waals surface area (Å²) in [6, 6.07) is 0. The van der Waals surface area contributed by atoms with Crippen LogP contribution in [0.4, 0.5) is 0 Å². The molecule has 0 saturated heterocycles. The summed E-state index contributed by atoms with van der Waals surface area (Å²) in [4.78, 5) is 22.9. The smallest absolute Gasteiger partial charge is 0.262 e. The topological polar surface area (TPSA) is 79.2 Å². The molecule has 16 heavy (non-hydrogen) atoms. The van der Waals surface area contributed by atoms with Gasteiger partial charge in [-0.1, -0.05) is 0 Å². The molecule has 0 bridgehead atoms. The van der Waals surface area contributed by atoms with Gasteiger partial charge in [0.25, 0.3) is 5.91 Å². The van der Waals surface area contributed by atoms with E-state index in [9.17, 15) is 9.59 Å². The molecule has 5 heteroatoms. The summed E-state index contributed by atoms with van der Waals surface area (Å²) in [7, 11) is 0. The van der Waals surface area contributed by atoms with Crippen LogP contribution >= 0.6 is 0 Å². The predicted molar refractivity (Wildman–Crippen MR) is 55.7 cm³/mol. The number of ether oxygens (including phenoxy) is 1. The Hall–Kier alpha value is -2.13. The zero-order valence-corrected chi connectivity index (χ0v) is 8.50. The van der Waals surface area contributed by atoms with Gasteiger partial charge in [-0.25, -0.2) is 0 Å². The molecule has 0 atom stereocenters. The molecule has 2 N–H and O–H groups in total. The fourth-order valence-electron chi connectivity index (χ4n) is 1.48. The maximum atomic E-state index is 11.8. The van der Waals surface area contributed by atoms with Crippen molar-refractivity contribution in [2.45, 2.75) is 12.8 Å². The summed E-state index contributed by atoms with van der Waals surface area (Å²) in [6.45, 7) is -0.0683. The Morgan fingerprint density at radius 3 is 3.06 bits per heavy atom. The zero-order valence-electron chi connectivity index (χ0n) is 8.50. The lowest BCUT2D eigenvalue weighted by atomic mass is 10.1. The highest BCUT2D eigenvalue weighted by Gasteiger charge is 2.24. The van der Waals surface area contributed by atoms with E-state index < -0.39 is 0 Å². The van der Waals surface area contributed by atoms with Crippen molar-refractivity contribution in [3.8, 4) is 0 Å². The average molecular weight is 218 g/mol. The lowest BCUT2D eigenvalue weighted by Crippen LogP contribution is -2.36. The molecule has 1 amide bonds. The number of Topliss-reactive ketones (excluding diaryl/α,β-unsaturated/α-hetero) is 1. The molecule has 2 rings (SSSR count). The minimum Gasteiger partial charge on any atom is -0.485 e. The molecule has 0 fully saturated rings. The van der Waals surface area contributed by atoms with Crippen molar-refractivity contribution in [3.05, 3.63) is 29.3 Å². The molecule has 0 saturated carbocycles. The first-order valence-electron chi connectivity index (χ1n) is 4.84. The number of ketones is 1. The number of hydrogen-bond donors (Lipinski definition) is 2. The maximum absolute atomic E-state index is 11.8. The number of allylic oxidation sites excluding steroid dienone is 2. The van der Waals surface area contributed by atoms with Gasteiger partial charge in [-0.05, 0) is 6.08 Å². The van der Waals surface area contributed by atoms with E-state index in [0.29, 0.717) is 12.2 Å². The molecule has 1 heterocycles. The number of carbonyl (C=O) groups excluding carboxylic acids is 2. The number of hydrogen-bond acceptors (Lipinski definition) is 4. The molecule has 0 radical (unpaired) electrons. The van der Waals surface area contributed by atoms with Crippen LogP contribution in [-0.2, 0) is 14.3 Å². The Bertz CT molecular complexity index is 468. The van der Waals surface area contributed by atoms with E-state index in [0.717, 1.165) is 0 Å². The van der Waals surface area contributed by atoms with E-state index >= 15 is 0 Å². The zero-order chi connectivity index (χ0) is 11.5. The molecular weight excluding hydrogens is 208 g/mol. The van der Waals surface area contributed by atoms with Gasteiger partial charge in [0.1, 0.15) is 11.5 Å². The third kappa shape index (κ3) is 2.10. The molecule has 82 valence electrons. The van der Waals surface area contributed by atoms with Crippen molar-refractivity contribution in [1.82, 2.24) is 5.32 Å². The van der Waals surface area contributed by atoms with Gasteiger partial charge in [-0.2, -0.15) is 0 Å². The van der Waals surface area contributed by atoms with E-state index in [1.165, 1.54) is 6.08 Å². The Kier molecular flexibility index (Phi) is 2.70. The standard InChI is InChI=1S/C11H10N2O3/c12-7-3-1-2-4-9-11(8(14)5-7)13-10(15)6-16-9/h2-3,12H,4-6H2,(H,13,15). The van der Waals surface area contributed by atoms with E-state index in [2.05, 4.69) is 11.0 Å². The molecule has 0 spiro atoms. The van der Waals surface area contributed by atoms with E-state index in [1.54, 1.807) is 6.08 Å². The van der Waals surface area contributed by atoms with Crippen LogP contribution in [-0.4, -0.2) is 24.0 Å². The summed E-state index contributed by atoms with van der Waals surface area (Å²) in [5.41, 5.74) is 3.13. The first-order chi connectivity index (χ1) is 7.66. The van der Waals surface area contributed by atoms with Crippen molar-refractivity contribution in [1.29, 1.82) is 5.41 Å². The van der Waals surface area contributed by atoms with Gasteiger partial charge in [0.05, 0.1) is 6.42 Å². The summed E-state index contributed by atoms with van der Waals surface area (Å²) < 4.78 is 5.18. The lowest BCUT2D eigenvalue weighted by Gasteiger charge is -2.19. The van der Waals surface area contributed by atoms with Crippen molar-refractivity contribution in [2.24, 2.45) is 0 Å². The Balaban J connectivity index is 2.37. The van der Waals surface area contributed by atoms with Crippen LogP contribution in [0, 0.1) is 5.41 Å². The lowest BCUT2D eigenvalue weighted by molar-refractivity contribution is -0.127. The second-order valence-electron chi connectivity index (χ2n) is 3.48.